The average molecular weight is 310 g/mol. The van der Waals surface area contributed by atoms with Crippen molar-refractivity contribution < 1.29 is 9.53 Å². The molecule has 1 N–H and O–H groups in total. The van der Waals surface area contributed by atoms with E-state index in [-0.39, 0.29) is 17.9 Å². The smallest absolute Gasteiger partial charge is 0.224 e. The summed E-state index contributed by atoms with van der Waals surface area (Å²) < 4.78 is 5.05. The van der Waals surface area contributed by atoms with Crippen LogP contribution in [0, 0.1) is 5.92 Å². The van der Waals surface area contributed by atoms with E-state index in [2.05, 4.69) is 22.4 Å². The minimum absolute atomic E-state index is 0.0383. The first kappa shape index (κ1) is 15.7. The van der Waals surface area contributed by atoms with Gasteiger partial charge in [0, 0.05) is 19.2 Å². The van der Waals surface area contributed by atoms with Gasteiger partial charge in [-0.15, -0.1) is 0 Å². The van der Waals surface area contributed by atoms with E-state index in [0.29, 0.717) is 12.5 Å². The van der Waals surface area contributed by atoms with Crippen LogP contribution in [-0.4, -0.2) is 18.0 Å². The molecule has 1 heterocycles. The van der Waals surface area contributed by atoms with Crippen LogP contribution in [0.25, 0.3) is 0 Å². The van der Waals surface area contributed by atoms with Crippen LogP contribution in [0.2, 0.25) is 0 Å². The summed E-state index contributed by atoms with van der Waals surface area (Å²) in [6.45, 7) is 2.49. The van der Waals surface area contributed by atoms with Gasteiger partial charge in [-0.3, -0.25) is 9.78 Å². The Hall–Kier alpha value is -2.20. The molecule has 1 aliphatic rings. The molecule has 1 aliphatic carbocycles. The lowest BCUT2D eigenvalue weighted by molar-refractivity contribution is -0.123. The molecule has 1 aromatic heterocycles. The number of carbonyl (C=O) groups is 1. The molecule has 120 valence electrons. The second-order valence-electron chi connectivity index (χ2n) is 6.11. The van der Waals surface area contributed by atoms with E-state index >= 15 is 0 Å². The van der Waals surface area contributed by atoms with Gasteiger partial charge in [0.1, 0.15) is 0 Å². The van der Waals surface area contributed by atoms with Crippen molar-refractivity contribution in [3.63, 3.8) is 0 Å². The van der Waals surface area contributed by atoms with Gasteiger partial charge in [-0.2, -0.15) is 0 Å². The zero-order valence-electron chi connectivity index (χ0n) is 13.5. The molecule has 2 aromatic rings. The maximum Gasteiger partial charge on any atom is 0.224 e. The van der Waals surface area contributed by atoms with Crippen molar-refractivity contribution in [1.82, 2.24) is 10.3 Å². The van der Waals surface area contributed by atoms with Gasteiger partial charge < -0.3 is 10.1 Å². The van der Waals surface area contributed by atoms with Crippen molar-refractivity contribution >= 4 is 5.91 Å². The number of rotatable bonds is 6. The number of hydrogen-bond acceptors (Lipinski definition) is 3. The van der Waals surface area contributed by atoms with Crippen LogP contribution in [0.4, 0.5) is 0 Å². The predicted molar refractivity (Wildman–Crippen MR) is 88.8 cm³/mol. The van der Waals surface area contributed by atoms with E-state index in [1.165, 1.54) is 5.56 Å². The molecule has 0 aliphatic heterocycles. The summed E-state index contributed by atoms with van der Waals surface area (Å²) in [5.41, 5.74) is 3.15. The molecule has 0 radical (unpaired) electrons. The van der Waals surface area contributed by atoms with Crippen LogP contribution in [0.3, 0.4) is 0 Å². The largest absolute Gasteiger partial charge is 0.378 e. The Labute approximate surface area is 136 Å². The minimum Gasteiger partial charge on any atom is -0.378 e. The summed E-state index contributed by atoms with van der Waals surface area (Å²) in [5, 5.41) is 3.10. The molecular weight excluding hydrogens is 288 g/mol. The number of benzene rings is 1. The fraction of sp³-hybridized carbons (Fsp3) is 0.368. The van der Waals surface area contributed by atoms with Gasteiger partial charge in [0.05, 0.1) is 18.3 Å². The van der Waals surface area contributed by atoms with Gasteiger partial charge in [0.15, 0.2) is 0 Å². The second-order valence-corrected chi connectivity index (χ2v) is 6.11. The molecule has 0 saturated heterocycles. The molecule has 1 saturated carbocycles. The number of pyridine rings is 1. The van der Waals surface area contributed by atoms with Gasteiger partial charge in [-0.05, 0) is 36.5 Å². The molecular formula is C19H22N2O2. The maximum absolute atomic E-state index is 12.4. The Morgan fingerprint density at radius 1 is 1.30 bits per heavy atom. The molecule has 4 nitrogen and oxygen atoms in total. The summed E-state index contributed by atoms with van der Waals surface area (Å²) in [6.07, 6.45) is 2.74. The lowest BCUT2D eigenvalue weighted by atomic mass is 10.1. The van der Waals surface area contributed by atoms with E-state index in [4.69, 9.17) is 4.74 Å². The summed E-state index contributed by atoms with van der Waals surface area (Å²) >= 11 is 0. The standard InChI is InChI=1S/C19H22N2O2/c1-13(15-8-9-16(12-23-2)20-11-15)21-19(22)18-10-17(18)14-6-4-3-5-7-14/h3-9,11,13,17-18H,10,12H2,1-2H3,(H,21,22)/t13-,17+,18-/m0/s1. The number of methoxy groups -OCH3 is 1. The molecule has 1 fully saturated rings. The highest BCUT2D eigenvalue weighted by Gasteiger charge is 2.44. The van der Waals surface area contributed by atoms with E-state index in [9.17, 15) is 4.79 Å². The van der Waals surface area contributed by atoms with Gasteiger partial charge in [0.2, 0.25) is 5.91 Å². The van der Waals surface area contributed by atoms with Crippen molar-refractivity contribution in [1.29, 1.82) is 0 Å². The summed E-state index contributed by atoms with van der Waals surface area (Å²) in [5.74, 6) is 0.596. The Balaban J connectivity index is 1.56. The Bertz CT molecular complexity index is 655. The quantitative estimate of drug-likeness (QED) is 0.891. The van der Waals surface area contributed by atoms with Gasteiger partial charge in [-0.1, -0.05) is 36.4 Å². The first-order valence-corrected chi connectivity index (χ1v) is 7.98. The predicted octanol–water partition coefficient (Wildman–Crippen LogP) is 3.21. The topological polar surface area (TPSA) is 51.2 Å². The highest BCUT2D eigenvalue weighted by Crippen LogP contribution is 2.47. The maximum atomic E-state index is 12.4. The Morgan fingerprint density at radius 2 is 2.09 bits per heavy atom. The van der Waals surface area contributed by atoms with E-state index in [1.54, 1.807) is 13.3 Å². The van der Waals surface area contributed by atoms with E-state index in [0.717, 1.165) is 17.7 Å². The van der Waals surface area contributed by atoms with Crippen LogP contribution >= 0.6 is 0 Å². The van der Waals surface area contributed by atoms with Crippen molar-refractivity contribution in [2.24, 2.45) is 5.92 Å². The summed E-state index contributed by atoms with van der Waals surface area (Å²) in [4.78, 5) is 16.7. The molecule has 0 spiro atoms. The average Bonchev–Trinajstić information content (AvgIpc) is 3.37. The number of aromatic nitrogens is 1. The highest BCUT2D eigenvalue weighted by atomic mass is 16.5. The number of carbonyl (C=O) groups excluding carboxylic acids is 1. The van der Waals surface area contributed by atoms with Crippen LogP contribution in [0.15, 0.2) is 48.7 Å². The Morgan fingerprint density at radius 3 is 2.74 bits per heavy atom. The molecule has 1 amide bonds. The number of hydrogen-bond donors (Lipinski definition) is 1. The van der Waals surface area contributed by atoms with Crippen molar-refractivity contribution in [3.05, 3.63) is 65.5 Å². The molecule has 1 aromatic carbocycles. The Kier molecular flexibility index (Phi) is 4.72. The van der Waals surface area contributed by atoms with Crippen molar-refractivity contribution in [2.75, 3.05) is 7.11 Å². The van der Waals surface area contributed by atoms with Crippen LogP contribution < -0.4 is 5.32 Å². The zero-order chi connectivity index (χ0) is 16.2. The molecule has 0 bridgehead atoms. The molecule has 3 rings (SSSR count). The van der Waals surface area contributed by atoms with Gasteiger partial charge in [0.25, 0.3) is 0 Å². The molecule has 0 unspecified atom stereocenters. The number of nitrogens with zero attached hydrogens (tertiary/aromatic N) is 1. The first-order valence-electron chi connectivity index (χ1n) is 7.98. The van der Waals surface area contributed by atoms with Crippen molar-refractivity contribution in [3.8, 4) is 0 Å². The van der Waals surface area contributed by atoms with Crippen LogP contribution in [-0.2, 0) is 16.1 Å². The normalized spacial score (nSPS) is 20.8. The third-order valence-electron chi connectivity index (χ3n) is 4.35. The van der Waals surface area contributed by atoms with Crippen LogP contribution in [0.5, 0.6) is 0 Å². The van der Waals surface area contributed by atoms with E-state index in [1.807, 2.05) is 37.3 Å². The molecule has 4 heteroatoms. The van der Waals surface area contributed by atoms with Crippen LogP contribution in [0.1, 0.15) is 42.1 Å². The SMILES string of the molecule is COCc1ccc([C@H](C)NC(=O)[C@H]2C[C@@H]2c2ccccc2)cn1. The highest BCUT2D eigenvalue weighted by molar-refractivity contribution is 5.83. The molecule has 3 atom stereocenters. The van der Waals surface area contributed by atoms with Crippen molar-refractivity contribution in [2.45, 2.75) is 31.9 Å². The fourth-order valence-corrected chi connectivity index (χ4v) is 2.88. The number of amides is 1. The fourth-order valence-electron chi connectivity index (χ4n) is 2.88. The number of ether oxygens (including phenoxy) is 1. The summed E-state index contributed by atoms with van der Waals surface area (Å²) in [7, 11) is 1.65. The second kappa shape index (κ2) is 6.92. The number of nitrogens with one attached hydrogen (secondary N) is 1. The first-order chi connectivity index (χ1) is 11.2. The third-order valence-corrected chi connectivity index (χ3v) is 4.35. The lowest BCUT2D eigenvalue weighted by Crippen LogP contribution is -2.28. The van der Waals surface area contributed by atoms with Gasteiger partial charge >= 0.3 is 0 Å². The minimum atomic E-state index is -0.0383. The molecule has 23 heavy (non-hydrogen) atoms. The van der Waals surface area contributed by atoms with Gasteiger partial charge in [-0.25, -0.2) is 0 Å². The monoisotopic (exact) mass is 310 g/mol. The third kappa shape index (κ3) is 3.77. The lowest BCUT2D eigenvalue weighted by Gasteiger charge is -2.14. The van der Waals surface area contributed by atoms with E-state index < -0.39 is 0 Å². The summed E-state index contributed by atoms with van der Waals surface area (Å²) in [6, 6.07) is 14.1. The zero-order valence-corrected chi connectivity index (χ0v) is 13.5.